The highest BCUT2D eigenvalue weighted by molar-refractivity contribution is 14.1. The third-order valence-corrected chi connectivity index (χ3v) is 4.26. The lowest BCUT2D eigenvalue weighted by molar-refractivity contribution is 0.230. The summed E-state index contributed by atoms with van der Waals surface area (Å²) < 4.78 is 1.04. The molecule has 1 aromatic heterocycles. The van der Waals surface area contributed by atoms with Gasteiger partial charge in [-0.15, -0.1) is 0 Å². The van der Waals surface area contributed by atoms with Gasteiger partial charge in [0.05, 0.1) is 0 Å². The van der Waals surface area contributed by atoms with Gasteiger partial charge < -0.3 is 4.90 Å². The summed E-state index contributed by atoms with van der Waals surface area (Å²) in [5.74, 6) is 1.98. The topological polar surface area (TPSA) is 32.3 Å². The minimum atomic E-state index is 0.747. The van der Waals surface area contributed by atoms with E-state index in [1.165, 1.54) is 25.9 Å². The van der Waals surface area contributed by atoms with Crippen LogP contribution in [0.3, 0.4) is 0 Å². The molecule has 1 aromatic rings. The van der Waals surface area contributed by atoms with E-state index in [1.54, 1.807) is 0 Å². The first-order valence-corrected chi connectivity index (χ1v) is 7.30. The van der Waals surface area contributed by atoms with Crippen molar-refractivity contribution in [2.75, 3.05) is 31.1 Å². The Labute approximate surface area is 116 Å². The lowest BCUT2D eigenvalue weighted by Gasteiger charge is -2.38. The first-order valence-electron chi connectivity index (χ1n) is 6.22. The van der Waals surface area contributed by atoms with Crippen molar-refractivity contribution in [3.8, 4) is 0 Å². The molecule has 2 fully saturated rings. The Morgan fingerprint density at radius 1 is 1.29 bits per heavy atom. The van der Waals surface area contributed by atoms with Crippen molar-refractivity contribution >= 4 is 28.4 Å². The summed E-state index contributed by atoms with van der Waals surface area (Å²) >= 11 is 2.27. The van der Waals surface area contributed by atoms with Crippen LogP contribution in [0.2, 0.25) is 0 Å². The molecule has 2 saturated heterocycles. The number of nitrogens with zero attached hydrogens (tertiary/aromatic N) is 4. The molecule has 0 radical (unpaired) electrons. The number of fused-ring (bicyclic) bond motifs is 1. The molecule has 0 aromatic carbocycles. The second-order valence-electron chi connectivity index (χ2n) is 4.87. The molecule has 92 valence electrons. The molecule has 2 aliphatic rings. The van der Waals surface area contributed by atoms with Gasteiger partial charge in [0, 0.05) is 31.7 Å². The summed E-state index contributed by atoms with van der Waals surface area (Å²) in [6.45, 7) is 6.68. The third-order valence-electron chi connectivity index (χ3n) is 3.70. The van der Waals surface area contributed by atoms with Crippen LogP contribution in [-0.4, -0.2) is 47.1 Å². The highest BCUT2D eigenvalue weighted by Gasteiger charge is 2.31. The standard InChI is InChI=1S/C12H17IN4/c1-9-14-11(13)7-12(15-9)17-6-5-16-4-2-3-10(16)8-17/h7,10H,2-6,8H2,1H3. The molecule has 1 unspecified atom stereocenters. The predicted molar refractivity (Wildman–Crippen MR) is 76.3 cm³/mol. The molecule has 0 bridgehead atoms. The first kappa shape index (κ1) is 11.6. The van der Waals surface area contributed by atoms with Gasteiger partial charge in [-0.2, -0.15) is 0 Å². The van der Waals surface area contributed by atoms with Gasteiger partial charge in [-0.3, -0.25) is 4.90 Å². The minimum Gasteiger partial charge on any atom is -0.354 e. The normalized spacial score (nSPS) is 25.1. The van der Waals surface area contributed by atoms with E-state index in [0.717, 1.165) is 34.5 Å². The Kier molecular flexibility index (Phi) is 3.21. The molecule has 0 N–H and O–H groups in total. The lowest BCUT2D eigenvalue weighted by atomic mass is 10.1. The van der Waals surface area contributed by atoms with E-state index < -0.39 is 0 Å². The van der Waals surface area contributed by atoms with Crippen molar-refractivity contribution < 1.29 is 0 Å². The molecule has 1 atom stereocenters. The van der Waals surface area contributed by atoms with E-state index in [-0.39, 0.29) is 0 Å². The van der Waals surface area contributed by atoms with Crippen LogP contribution in [0.25, 0.3) is 0 Å². The summed E-state index contributed by atoms with van der Waals surface area (Å²) in [5, 5.41) is 0. The number of aromatic nitrogens is 2. The van der Waals surface area contributed by atoms with Gasteiger partial charge in [-0.25, -0.2) is 9.97 Å². The van der Waals surface area contributed by atoms with Crippen LogP contribution in [0.1, 0.15) is 18.7 Å². The molecule has 0 aliphatic carbocycles. The summed E-state index contributed by atoms with van der Waals surface area (Å²) in [4.78, 5) is 13.9. The highest BCUT2D eigenvalue weighted by atomic mass is 127. The molecule has 2 aliphatic heterocycles. The van der Waals surface area contributed by atoms with Crippen LogP contribution < -0.4 is 4.90 Å². The molecule has 5 heteroatoms. The molecule has 0 amide bonds. The Morgan fingerprint density at radius 3 is 3.00 bits per heavy atom. The van der Waals surface area contributed by atoms with Gasteiger partial charge in [-0.05, 0) is 48.9 Å². The average Bonchev–Trinajstić information content (AvgIpc) is 2.74. The predicted octanol–water partition coefficient (Wildman–Crippen LogP) is 1.67. The third kappa shape index (κ3) is 2.40. The fourth-order valence-electron chi connectivity index (χ4n) is 2.88. The van der Waals surface area contributed by atoms with Crippen LogP contribution in [0.4, 0.5) is 5.82 Å². The first-order chi connectivity index (χ1) is 8.22. The molecule has 17 heavy (non-hydrogen) atoms. The molecular formula is C12H17IN4. The maximum atomic E-state index is 4.56. The maximum Gasteiger partial charge on any atom is 0.133 e. The fraction of sp³-hybridized carbons (Fsp3) is 0.667. The van der Waals surface area contributed by atoms with Crippen molar-refractivity contribution in [3.63, 3.8) is 0 Å². The van der Waals surface area contributed by atoms with Crippen molar-refractivity contribution in [2.45, 2.75) is 25.8 Å². The summed E-state index contributed by atoms with van der Waals surface area (Å²) in [6.07, 6.45) is 2.70. The smallest absolute Gasteiger partial charge is 0.133 e. The molecule has 0 saturated carbocycles. The van der Waals surface area contributed by atoms with Gasteiger partial charge in [0.25, 0.3) is 0 Å². The summed E-state index contributed by atoms with van der Waals surface area (Å²) in [7, 11) is 0. The van der Waals surface area contributed by atoms with Gasteiger partial charge in [0.2, 0.25) is 0 Å². The number of rotatable bonds is 1. The highest BCUT2D eigenvalue weighted by Crippen LogP contribution is 2.24. The fourth-order valence-corrected chi connectivity index (χ4v) is 3.51. The van der Waals surface area contributed by atoms with Gasteiger partial charge in [0.1, 0.15) is 15.3 Å². The molecular weight excluding hydrogens is 327 g/mol. The lowest BCUT2D eigenvalue weighted by Crippen LogP contribution is -2.50. The van der Waals surface area contributed by atoms with Crippen molar-refractivity contribution in [3.05, 3.63) is 15.6 Å². The Bertz CT molecular complexity index is 403. The molecule has 4 nitrogen and oxygen atoms in total. The van der Waals surface area contributed by atoms with Gasteiger partial charge >= 0.3 is 0 Å². The summed E-state index contributed by atoms with van der Waals surface area (Å²) in [5.41, 5.74) is 0. The van der Waals surface area contributed by atoms with E-state index in [1.807, 2.05) is 6.92 Å². The second kappa shape index (κ2) is 4.68. The summed E-state index contributed by atoms with van der Waals surface area (Å²) in [6, 6.07) is 2.84. The van der Waals surface area contributed by atoms with E-state index in [0.29, 0.717) is 0 Å². The zero-order chi connectivity index (χ0) is 11.8. The van der Waals surface area contributed by atoms with Gasteiger partial charge in [0.15, 0.2) is 0 Å². The maximum absolute atomic E-state index is 4.56. The molecule has 3 rings (SSSR count). The van der Waals surface area contributed by atoms with Crippen molar-refractivity contribution in [1.82, 2.24) is 14.9 Å². The van der Waals surface area contributed by atoms with E-state index in [4.69, 9.17) is 0 Å². The minimum absolute atomic E-state index is 0.747. The van der Waals surface area contributed by atoms with Crippen LogP contribution in [0.15, 0.2) is 6.07 Å². The van der Waals surface area contributed by atoms with Gasteiger partial charge in [-0.1, -0.05) is 0 Å². The number of halogens is 1. The number of hydrogen-bond acceptors (Lipinski definition) is 4. The average molecular weight is 344 g/mol. The molecule has 3 heterocycles. The van der Waals surface area contributed by atoms with Crippen LogP contribution in [-0.2, 0) is 0 Å². The zero-order valence-corrected chi connectivity index (χ0v) is 12.2. The van der Waals surface area contributed by atoms with E-state index in [2.05, 4.69) is 48.4 Å². The number of piperazine rings is 1. The van der Waals surface area contributed by atoms with E-state index in [9.17, 15) is 0 Å². The second-order valence-corrected chi connectivity index (χ2v) is 5.98. The number of aryl methyl sites for hydroxylation is 1. The Morgan fingerprint density at radius 2 is 2.18 bits per heavy atom. The Hall–Kier alpha value is -0.430. The van der Waals surface area contributed by atoms with E-state index >= 15 is 0 Å². The van der Waals surface area contributed by atoms with Crippen molar-refractivity contribution in [1.29, 1.82) is 0 Å². The zero-order valence-electron chi connectivity index (χ0n) is 10.1. The van der Waals surface area contributed by atoms with Crippen LogP contribution >= 0.6 is 22.6 Å². The molecule has 0 spiro atoms. The number of anilines is 1. The van der Waals surface area contributed by atoms with Crippen molar-refractivity contribution in [2.24, 2.45) is 0 Å². The quantitative estimate of drug-likeness (QED) is 0.573. The monoisotopic (exact) mass is 344 g/mol. The SMILES string of the molecule is Cc1nc(I)cc(N2CCN3CCCC3C2)n1. The van der Waals surface area contributed by atoms with Crippen LogP contribution in [0.5, 0.6) is 0 Å². The largest absolute Gasteiger partial charge is 0.354 e. The van der Waals surface area contributed by atoms with Crippen LogP contribution in [0, 0.1) is 10.6 Å². The number of hydrogen-bond donors (Lipinski definition) is 0. The Balaban J connectivity index is 1.80.